The Bertz CT molecular complexity index is 612. The molecule has 0 atom stereocenters. The molecule has 0 saturated carbocycles. The summed E-state index contributed by atoms with van der Waals surface area (Å²) >= 11 is 5.88. The molecule has 0 amide bonds. The summed E-state index contributed by atoms with van der Waals surface area (Å²) in [5.74, 6) is 0.360. The molecule has 0 aromatic heterocycles. The van der Waals surface area contributed by atoms with Gasteiger partial charge in [0.25, 0.3) is 0 Å². The van der Waals surface area contributed by atoms with E-state index in [1.54, 1.807) is 6.07 Å². The number of benzene rings is 2. The van der Waals surface area contributed by atoms with Crippen molar-refractivity contribution in [1.82, 2.24) is 0 Å². The molecule has 0 heterocycles. The van der Waals surface area contributed by atoms with Crippen LogP contribution in [0.25, 0.3) is 0 Å². The molecule has 0 aliphatic carbocycles. The molecule has 0 bridgehead atoms. The maximum atomic E-state index is 12.6. The van der Waals surface area contributed by atoms with Crippen LogP contribution >= 0.6 is 11.6 Å². The van der Waals surface area contributed by atoms with Gasteiger partial charge in [-0.1, -0.05) is 23.7 Å². The van der Waals surface area contributed by atoms with E-state index in [1.165, 1.54) is 24.3 Å². The molecule has 6 heteroatoms. The van der Waals surface area contributed by atoms with E-state index in [1.807, 2.05) is 0 Å². The van der Waals surface area contributed by atoms with Crippen molar-refractivity contribution in [2.75, 3.05) is 0 Å². The number of rotatable bonds is 3. The molecule has 0 aliphatic heterocycles. The lowest BCUT2D eigenvalue weighted by molar-refractivity contribution is -0.137. The topological polar surface area (TPSA) is 29.5 Å². The predicted octanol–water partition coefficient (Wildman–Crippen LogP) is 4.64. The standard InChI is InChI=1S/C14H10ClF3O2/c15-13-7-12(5-4-9(13)8-19)20-11-3-1-2-10(6-11)14(16,17)18/h1-7,19H,8H2. The SMILES string of the molecule is OCc1ccc(Oc2cccc(C(F)(F)F)c2)cc1Cl. The third-order valence-electron chi connectivity index (χ3n) is 2.59. The van der Waals surface area contributed by atoms with Crippen LogP contribution in [0, 0.1) is 0 Å². The van der Waals surface area contributed by atoms with Crippen LogP contribution in [0.3, 0.4) is 0 Å². The molecule has 0 unspecified atom stereocenters. The fraction of sp³-hybridized carbons (Fsp3) is 0.143. The Morgan fingerprint density at radius 2 is 1.75 bits per heavy atom. The number of aliphatic hydroxyl groups excluding tert-OH is 1. The molecule has 2 aromatic rings. The molecule has 20 heavy (non-hydrogen) atoms. The lowest BCUT2D eigenvalue weighted by Gasteiger charge is -2.10. The maximum Gasteiger partial charge on any atom is 0.416 e. The summed E-state index contributed by atoms with van der Waals surface area (Å²) in [6.45, 7) is -0.220. The van der Waals surface area contributed by atoms with E-state index >= 15 is 0 Å². The Balaban J connectivity index is 2.24. The van der Waals surface area contributed by atoms with Gasteiger partial charge >= 0.3 is 6.18 Å². The Morgan fingerprint density at radius 3 is 2.35 bits per heavy atom. The fourth-order valence-electron chi connectivity index (χ4n) is 1.59. The molecule has 1 N–H and O–H groups in total. The zero-order valence-electron chi connectivity index (χ0n) is 10.1. The number of aliphatic hydroxyl groups is 1. The van der Waals surface area contributed by atoms with Crippen LogP contribution in [-0.2, 0) is 12.8 Å². The highest BCUT2D eigenvalue weighted by Gasteiger charge is 2.30. The van der Waals surface area contributed by atoms with Crippen molar-refractivity contribution in [2.24, 2.45) is 0 Å². The normalized spacial score (nSPS) is 11.4. The second-order valence-electron chi connectivity index (χ2n) is 4.04. The summed E-state index contributed by atoms with van der Waals surface area (Å²) in [6, 6.07) is 9.07. The first kappa shape index (κ1) is 14.7. The van der Waals surface area contributed by atoms with Crippen molar-refractivity contribution >= 4 is 11.6 Å². The van der Waals surface area contributed by atoms with Gasteiger partial charge in [0.15, 0.2) is 0 Å². The molecule has 0 spiro atoms. The van der Waals surface area contributed by atoms with Crippen molar-refractivity contribution in [3.63, 3.8) is 0 Å². The van der Waals surface area contributed by atoms with Crippen molar-refractivity contribution < 1.29 is 23.0 Å². The maximum absolute atomic E-state index is 12.6. The van der Waals surface area contributed by atoms with Crippen molar-refractivity contribution in [3.05, 3.63) is 58.6 Å². The Hall–Kier alpha value is -1.72. The van der Waals surface area contributed by atoms with Crippen molar-refractivity contribution in [1.29, 1.82) is 0 Å². The lowest BCUT2D eigenvalue weighted by atomic mass is 10.2. The summed E-state index contributed by atoms with van der Waals surface area (Å²) in [5, 5.41) is 9.26. The second kappa shape index (κ2) is 5.73. The molecule has 0 fully saturated rings. The quantitative estimate of drug-likeness (QED) is 0.894. The largest absolute Gasteiger partial charge is 0.457 e. The van der Waals surface area contributed by atoms with Crippen LogP contribution in [0.15, 0.2) is 42.5 Å². The average Bonchev–Trinajstić information content (AvgIpc) is 2.38. The first-order chi connectivity index (χ1) is 9.40. The van der Waals surface area contributed by atoms with Gasteiger partial charge in [0.05, 0.1) is 12.2 Å². The van der Waals surface area contributed by atoms with E-state index in [2.05, 4.69) is 0 Å². The zero-order valence-corrected chi connectivity index (χ0v) is 10.9. The van der Waals surface area contributed by atoms with E-state index in [-0.39, 0.29) is 17.4 Å². The Morgan fingerprint density at radius 1 is 1.05 bits per heavy atom. The molecule has 0 saturated heterocycles. The molecule has 2 rings (SSSR count). The van der Waals surface area contributed by atoms with Gasteiger partial charge in [0, 0.05) is 5.02 Å². The van der Waals surface area contributed by atoms with E-state index in [4.69, 9.17) is 21.4 Å². The summed E-state index contributed by atoms with van der Waals surface area (Å²) < 4.78 is 43.0. The minimum absolute atomic E-state index is 0.0626. The van der Waals surface area contributed by atoms with E-state index < -0.39 is 11.7 Å². The van der Waals surface area contributed by atoms with Gasteiger partial charge in [-0.3, -0.25) is 0 Å². The van der Waals surface area contributed by atoms with Crippen LogP contribution in [0.1, 0.15) is 11.1 Å². The van der Waals surface area contributed by atoms with Gasteiger partial charge in [-0.25, -0.2) is 0 Å². The summed E-state index contributed by atoms with van der Waals surface area (Å²) in [6.07, 6.45) is -4.42. The van der Waals surface area contributed by atoms with Crippen LogP contribution in [0.4, 0.5) is 13.2 Å². The van der Waals surface area contributed by atoms with Crippen LogP contribution in [0.2, 0.25) is 5.02 Å². The highest BCUT2D eigenvalue weighted by Crippen LogP contribution is 2.33. The molecule has 0 aliphatic rings. The Kier molecular flexibility index (Phi) is 4.20. The molecule has 106 valence electrons. The smallest absolute Gasteiger partial charge is 0.416 e. The minimum atomic E-state index is -4.42. The highest BCUT2D eigenvalue weighted by molar-refractivity contribution is 6.31. The van der Waals surface area contributed by atoms with E-state index in [9.17, 15) is 13.2 Å². The van der Waals surface area contributed by atoms with Gasteiger partial charge in [0.1, 0.15) is 11.5 Å². The van der Waals surface area contributed by atoms with E-state index in [0.29, 0.717) is 11.3 Å². The molecule has 2 aromatic carbocycles. The Labute approximate surface area is 118 Å². The number of hydrogen-bond acceptors (Lipinski definition) is 2. The fourth-order valence-corrected chi connectivity index (χ4v) is 1.82. The number of alkyl halides is 3. The molecule has 2 nitrogen and oxygen atoms in total. The third-order valence-corrected chi connectivity index (χ3v) is 2.94. The molecular weight excluding hydrogens is 293 g/mol. The predicted molar refractivity (Wildman–Crippen MR) is 68.9 cm³/mol. The van der Waals surface area contributed by atoms with Crippen molar-refractivity contribution in [3.8, 4) is 11.5 Å². The zero-order chi connectivity index (χ0) is 14.8. The van der Waals surface area contributed by atoms with Gasteiger partial charge in [-0.05, 0) is 35.9 Å². The van der Waals surface area contributed by atoms with Gasteiger partial charge in [-0.15, -0.1) is 0 Å². The number of hydrogen-bond donors (Lipinski definition) is 1. The second-order valence-corrected chi connectivity index (χ2v) is 4.45. The first-order valence-electron chi connectivity index (χ1n) is 5.64. The molecular formula is C14H10ClF3O2. The average molecular weight is 303 g/mol. The summed E-state index contributed by atoms with van der Waals surface area (Å²) in [4.78, 5) is 0. The van der Waals surface area contributed by atoms with Crippen LogP contribution in [-0.4, -0.2) is 5.11 Å². The van der Waals surface area contributed by atoms with Crippen LogP contribution < -0.4 is 4.74 Å². The molecule has 0 radical (unpaired) electrons. The first-order valence-corrected chi connectivity index (χ1v) is 6.02. The number of ether oxygens (including phenoxy) is 1. The van der Waals surface area contributed by atoms with Gasteiger partial charge < -0.3 is 9.84 Å². The van der Waals surface area contributed by atoms with E-state index in [0.717, 1.165) is 12.1 Å². The highest BCUT2D eigenvalue weighted by atomic mass is 35.5. The third kappa shape index (κ3) is 3.43. The summed E-state index contributed by atoms with van der Waals surface area (Å²) in [5.41, 5.74) is -0.267. The van der Waals surface area contributed by atoms with Gasteiger partial charge in [0.2, 0.25) is 0 Å². The van der Waals surface area contributed by atoms with Gasteiger partial charge in [-0.2, -0.15) is 13.2 Å². The minimum Gasteiger partial charge on any atom is -0.457 e. The van der Waals surface area contributed by atoms with Crippen LogP contribution in [0.5, 0.6) is 11.5 Å². The number of halogens is 4. The lowest BCUT2D eigenvalue weighted by Crippen LogP contribution is -2.04. The summed E-state index contributed by atoms with van der Waals surface area (Å²) in [7, 11) is 0. The van der Waals surface area contributed by atoms with Crippen molar-refractivity contribution in [2.45, 2.75) is 12.8 Å². The monoisotopic (exact) mass is 302 g/mol.